The van der Waals surface area contributed by atoms with Gasteiger partial charge < -0.3 is 18.3 Å². The third-order valence-electron chi connectivity index (χ3n) is 8.49. The van der Waals surface area contributed by atoms with E-state index in [2.05, 4.69) is 0 Å². The molecule has 0 spiro atoms. The fourth-order valence-corrected chi connectivity index (χ4v) is 6.63. The third kappa shape index (κ3) is 3.83. The van der Waals surface area contributed by atoms with E-state index in [1.807, 2.05) is 65.8 Å². The first-order valence-electron chi connectivity index (χ1n) is 13.4. The molecule has 0 saturated carbocycles. The number of nitrogens with zero attached hydrogens (tertiary/aromatic N) is 2. The van der Waals surface area contributed by atoms with Gasteiger partial charge >= 0.3 is 5.63 Å². The van der Waals surface area contributed by atoms with Crippen LogP contribution in [-0.4, -0.2) is 28.5 Å². The summed E-state index contributed by atoms with van der Waals surface area (Å²) < 4.78 is 13.6. The molecule has 7 rings (SSSR count). The minimum Gasteiger partial charge on any atom is -0.461 e. The number of carbonyl (C=O) groups excluding carboxylic acids is 1. The SMILES string of the molecule is Cc1oc2cc3oc(=O)c(CC(=O)N4C[C@@H]5C[C@H](C4)c4cccc(=O)n4C5)c(C)c3cc2c1-c1ccccc1. The highest BCUT2D eigenvalue weighted by Gasteiger charge is 2.36. The second-order valence-electron chi connectivity index (χ2n) is 10.9. The molecule has 7 heteroatoms. The molecule has 0 N–H and O–H groups in total. The van der Waals surface area contributed by atoms with Gasteiger partial charge in [0.1, 0.15) is 16.9 Å². The van der Waals surface area contributed by atoms with Crippen molar-refractivity contribution in [1.82, 2.24) is 9.47 Å². The minimum absolute atomic E-state index is 0.0147. The fourth-order valence-electron chi connectivity index (χ4n) is 6.63. The molecule has 2 aliphatic rings. The molecule has 196 valence electrons. The molecule has 0 unspecified atom stereocenters. The van der Waals surface area contributed by atoms with Crippen LogP contribution in [0.4, 0.5) is 0 Å². The standard InChI is InChI=1S/C32H28N2O5/c1-18-23-12-25-28(38-19(2)31(25)21-7-4-3-5-8-21)14-27(23)39-32(37)24(18)13-30(36)33-15-20-11-22(17-33)26-9-6-10-29(35)34(26)16-20/h3-10,12,14,20,22H,11,13,15-17H2,1-2H3/t20-,22+/m0/s1. The summed E-state index contributed by atoms with van der Waals surface area (Å²) in [5.41, 5.74) is 4.83. The second kappa shape index (κ2) is 8.83. The van der Waals surface area contributed by atoms with Crippen LogP contribution in [0.1, 0.15) is 34.9 Å². The number of fused-ring (bicyclic) bond motifs is 6. The Balaban J connectivity index is 1.24. The van der Waals surface area contributed by atoms with Crippen molar-refractivity contribution in [1.29, 1.82) is 0 Å². The van der Waals surface area contributed by atoms with Gasteiger partial charge in [0, 0.05) is 59.7 Å². The smallest absolute Gasteiger partial charge is 0.340 e. The van der Waals surface area contributed by atoms with Gasteiger partial charge in [-0.25, -0.2) is 4.79 Å². The molecule has 0 radical (unpaired) electrons. The lowest BCUT2D eigenvalue weighted by Crippen LogP contribution is -2.49. The highest BCUT2D eigenvalue weighted by atomic mass is 16.4. The van der Waals surface area contributed by atoms with E-state index >= 15 is 0 Å². The largest absolute Gasteiger partial charge is 0.461 e. The van der Waals surface area contributed by atoms with Crippen molar-refractivity contribution in [2.75, 3.05) is 13.1 Å². The summed E-state index contributed by atoms with van der Waals surface area (Å²) in [5, 5.41) is 1.74. The normalized spacial score (nSPS) is 18.5. The van der Waals surface area contributed by atoms with Crippen LogP contribution in [0.2, 0.25) is 0 Å². The molecule has 2 atom stereocenters. The molecule has 7 nitrogen and oxygen atoms in total. The summed E-state index contributed by atoms with van der Waals surface area (Å²) in [6, 6.07) is 19.2. The molecular weight excluding hydrogens is 492 g/mol. The van der Waals surface area contributed by atoms with Gasteiger partial charge in [-0.1, -0.05) is 36.4 Å². The van der Waals surface area contributed by atoms with Crippen molar-refractivity contribution < 1.29 is 13.6 Å². The second-order valence-corrected chi connectivity index (χ2v) is 10.9. The number of furan rings is 1. The van der Waals surface area contributed by atoms with E-state index in [9.17, 15) is 14.4 Å². The quantitative estimate of drug-likeness (QED) is 0.306. The Morgan fingerprint density at radius 2 is 1.69 bits per heavy atom. The van der Waals surface area contributed by atoms with Crippen LogP contribution in [0.5, 0.6) is 0 Å². The summed E-state index contributed by atoms with van der Waals surface area (Å²) in [7, 11) is 0. The molecule has 2 aliphatic heterocycles. The molecule has 1 amide bonds. The van der Waals surface area contributed by atoms with Gasteiger partial charge in [-0.05, 0) is 49.4 Å². The zero-order valence-electron chi connectivity index (χ0n) is 21.9. The Kier molecular flexibility index (Phi) is 5.37. The maximum atomic E-state index is 13.5. The third-order valence-corrected chi connectivity index (χ3v) is 8.49. The van der Waals surface area contributed by atoms with Crippen LogP contribution < -0.4 is 11.2 Å². The van der Waals surface area contributed by atoms with Crippen molar-refractivity contribution >= 4 is 27.8 Å². The summed E-state index contributed by atoms with van der Waals surface area (Å²) in [4.78, 5) is 40.8. The van der Waals surface area contributed by atoms with Crippen LogP contribution in [0, 0.1) is 19.8 Å². The topological polar surface area (TPSA) is 85.7 Å². The maximum Gasteiger partial charge on any atom is 0.340 e. The van der Waals surface area contributed by atoms with Crippen LogP contribution >= 0.6 is 0 Å². The Labute approximate surface area is 224 Å². The fraction of sp³-hybridized carbons (Fsp3) is 0.281. The number of aromatic nitrogens is 1. The van der Waals surface area contributed by atoms with Gasteiger partial charge in [0.25, 0.3) is 5.56 Å². The first-order valence-corrected chi connectivity index (χ1v) is 13.4. The monoisotopic (exact) mass is 520 g/mol. The molecule has 1 fully saturated rings. The molecule has 5 heterocycles. The van der Waals surface area contributed by atoms with E-state index in [4.69, 9.17) is 8.83 Å². The van der Waals surface area contributed by atoms with Gasteiger partial charge in [-0.3, -0.25) is 9.59 Å². The van der Waals surface area contributed by atoms with Crippen molar-refractivity contribution in [3.63, 3.8) is 0 Å². The number of pyridine rings is 1. The average Bonchev–Trinajstić information content (AvgIpc) is 3.25. The lowest BCUT2D eigenvalue weighted by atomic mass is 9.83. The summed E-state index contributed by atoms with van der Waals surface area (Å²) in [6.45, 7) is 5.57. The number of hydrogen-bond donors (Lipinski definition) is 0. The number of rotatable bonds is 3. The molecular formula is C32H28N2O5. The molecule has 1 saturated heterocycles. The summed E-state index contributed by atoms with van der Waals surface area (Å²) >= 11 is 0. The number of amides is 1. The number of benzene rings is 2. The highest BCUT2D eigenvalue weighted by Crippen LogP contribution is 2.38. The Morgan fingerprint density at radius 1 is 0.897 bits per heavy atom. The summed E-state index contributed by atoms with van der Waals surface area (Å²) in [5.74, 6) is 1.06. The first kappa shape index (κ1) is 23.7. The predicted molar refractivity (Wildman–Crippen MR) is 149 cm³/mol. The van der Waals surface area contributed by atoms with E-state index in [0.717, 1.165) is 45.3 Å². The van der Waals surface area contributed by atoms with Gasteiger partial charge in [-0.15, -0.1) is 0 Å². The van der Waals surface area contributed by atoms with Gasteiger partial charge in [-0.2, -0.15) is 0 Å². The molecule has 2 bridgehead atoms. The predicted octanol–water partition coefficient (Wildman–Crippen LogP) is 5.17. The van der Waals surface area contributed by atoms with Crippen LogP contribution in [0.25, 0.3) is 33.1 Å². The lowest BCUT2D eigenvalue weighted by Gasteiger charge is -2.42. The van der Waals surface area contributed by atoms with Gasteiger partial charge in [0.15, 0.2) is 0 Å². The van der Waals surface area contributed by atoms with Gasteiger partial charge in [0.05, 0.1) is 12.0 Å². The van der Waals surface area contributed by atoms with Crippen molar-refractivity contribution in [3.05, 3.63) is 104 Å². The van der Waals surface area contributed by atoms with Crippen molar-refractivity contribution in [2.24, 2.45) is 5.92 Å². The van der Waals surface area contributed by atoms with Crippen molar-refractivity contribution in [2.45, 2.75) is 39.2 Å². The molecule has 3 aromatic heterocycles. The van der Waals surface area contributed by atoms with Crippen LogP contribution in [0.15, 0.2) is 79.1 Å². The summed E-state index contributed by atoms with van der Waals surface area (Å²) in [6.07, 6.45) is 0.952. The van der Waals surface area contributed by atoms with E-state index in [1.54, 1.807) is 18.2 Å². The van der Waals surface area contributed by atoms with Crippen molar-refractivity contribution in [3.8, 4) is 11.1 Å². The maximum absolute atomic E-state index is 13.5. The number of hydrogen-bond acceptors (Lipinski definition) is 5. The Hall–Kier alpha value is -4.39. The van der Waals surface area contributed by atoms with E-state index in [1.165, 1.54) is 0 Å². The van der Waals surface area contributed by atoms with E-state index < -0.39 is 5.63 Å². The first-order chi connectivity index (χ1) is 18.9. The molecule has 2 aromatic carbocycles. The molecule has 39 heavy (non-hydrogen) atoms. The van der Waals surface area contributed by atoms with Crippen LogP contribution in [-0.2, 0) is 17.8 Å². The Bertz CT molecular complexity index is 1900. The average molecular weight is 521 g/mol. The molecule has 0 aliphatic carbocycles. The zero-order valence-corrected chi connectivity index (χ0v) is 21.9. The van der Waals surface area contributed by atoms with E-state index in [0.29, 0.717) is 36.4 Å². The number of carbonyl (C=O) groups is 1. The highest BCUT2D eigenvalue weighted by molar-refractivity contribution is 6.03. The lowest BCUT2D eigenvalue weighted by molar-refractivity contribution is -0.133. The van der Waals surface area contributed by atoms with Crippen LogP contribution in [0.3, 0.4) is 0 Å². The number of likely N-dealkylation sites (tertiary alicyclic amines) is 1. The molecule has 5 aromatic rings. The van der Waals surface area contributed by atoms with E-state index in [-0.39, 0.29) is 29.7 Å². The zero-order chi connectivity index (χ0) is 26.8. The minimum atomic E-state index is -0.492. The number of piperidine rings is 1. The number of aryl methyl sites for hydroxylation is 2. The van der Waals surface area contributed by atoms with Gasteiger partial charge in [0.2, 0.25) is 5.91 Å². The Morgan fingerprint density at radius 3 is 2.51 bits per heavy atom.